The number of hydrazine groups is 1. The van der Waals surface area contributed by atoms with Crippen LogP contribution in [0.3, 0.4) is 0 Å². The van der Waals surface area contributed by atoms with Gasteiger partial charge >= 0.3 is 0 Å². The molecule has 10 heavy (non-hydrogen) atoms. The molecule has 0 aromatic carbocycles. The monoisotopic (exact) mass is 141 g/mol. The van der Waals surface area contributed by atoms with E-state index in [4.69, 9.17) is 5.84 Å². The van der Waals surface area contributed by atoms with Gasteiger partial charge in [0.05, 0.1) is 12.4 Å². The van der Waals surface area contributed by atoms with Crippen LogP contribution in [-0.2, 0) is 4.79 Å². The average molecular weight is 141 g/mol. The van der Waals surface area contributed by atoms with Crippen LogP contribution in [-0.4, -0.2) is 21.0 Å². The van der Waals surface area contributed by atoms with Crippen LogP contribution in [0.15, 0.2) is 12.4 Å². The molecule has 54 valence electrons. The van der Waals surface area contributed by atoms with Gasteiger partial charge < -0.3 is 0 Å². The molecule has 1 aromatic heterocycles. The Morgan fingerprint density at radius 2 is 2.10 bits per heavy atom. The molecule has 0 unspecified atom stereocenters. The van der Waals surface area contributed by atoms with Crippen molar-refractivity contribution < 1.29 is 4.79 Å². The summed E-state index contributed by atoms with van der Waals surface area (Å²) in [6.07, 6.45) is 2.87. The first-order valence-electron chi connectivity index (χ1n) is 2.64. The van der Waals surface area contributed by atoms with Gasteiger partial charge in [-0.3, -0.25) is 4.79 Å². The molecule has 2 N–H and O–H groups in total. The maximum Gasteiger partial charge on any atom is 0.255 e. The number of carbonyl (C=O) groups excluding carboxylic acids is 1. The molecule has 0 saturated carbocycles. The number of hydrogen-bond acceptors (Lipinski definition) is 4. The highest BCUT2D eigenvalue weighted by molar-refractivity contribution is 5.81. The van der Waals surface area contributed by atoms with E-state index in [1.165, 1.54) is 19.3 Å². The molecular formula is C4H7N5O. The lowest BCUT2D eigenvalue weighted by atomic mass is 10.7. The smallest absolute Gasteiger partial charge is 0.255 e. The number of hydrogen-bond donors (Lipinski definition) is 1. The number of nitrogens with zero attached hydrogens (tertiary/aromatic N) is 4. The SMILES string of the molecule is CC(=O)N(N)n1nccn1. The molecule has 0 aliphatic carbocycles. The van der Waals surface area contributed by atoms with Gasteiger partial charge in [-0.15, -0.1) is 15.3 Å². The van der Waals surface area contributed by atoms with Crippen molar-refractivity contribution in [2.75, 3.05) is 5.12 Å². The van der Waals surface area contributed by atoms with Crippen molar-refractivity contribution in [3.63, 3.8) is 0 Å². The van der Waals surface area contributed by atoms with Crippen molar-refractivity contribution in [3.05, 3.63) is 12.4 Å². The Kier molecular flexibility index (Phi) is 1.63. The van der Waals surface area contributed by atoms with E-state index in [1.54, 1.807) is 0 Å². The predicted octanol–water partition coefficient (Wildman–Crippen LogP) is -1.36. The molecule has 1 rings (SSSR count). The fraction of sp³-hybridized carbons (Fsp3) is 0.250. The zero-order valence-electron chi connectivity index (χ0n) is 5.43. The zero-order valence-corrected chi connectivity index (χ0v) is 5.43. The van der Waals surface area contributed by atoms with Crippen LogP contribution in [0.2, 0.25) is 0 Å². The molecule has 6 nitrogen and oxygen atoms in total. The summed E-state index contributed by atoms with van der Waals surface area (Å²) in [5, 5.41) is 8.05. The topological polar surface area (TPSA) is 77.0 Å². The summed E-state index contributed by atoms with van der Waals surface area (Å²) in [5.74, 6) is 4.88. The van der Waals surface area contributed by atoms with E-state index < -0.39 is 0 Å². The Morgan fingerprint density at radius 3 is 2.50 bits per heavy atom. The summed E-state index contributed by atoms with van der Waals surface area (Å²) in [7, 11) is 0. The molecule has 0 aliphatic rings. The highest BCUT2D eigenvalue weighted by Gasteiger charge is 2.04. The van der Waals surface area contributed by atoms with Crippen molar-refractivity contribution in [1.82, 2.24) is 15.1 Å². The summed E-state index contributed by atoms with van der Waals surface area (Å²) in [5.41, 5.74) is 0. The second-order valence-electron chi connectivity index (χ2n) is 1.66. The molecule has 0 spiro atoms. The van der Waals surface area contributed by atoms with Gasteiger partial charge in [-0.1, -0.05) is 4.91 Å². The summed E-state index contributed by atoms with van der Waals surface area (Å²) < 4.78 is 0. The first-order chi connectivity index (χ1) is 4.72. The van der Waals surface area contributed by atoms with Crippen LogP contribution in [0.1, 0.15) is 6.92 Å². The van der Waals surface area contributed by atoms with Gasteiger partial charge in [-0.2, -0.15) is 0 Å². The van der Waals surface area contributed by atoms with Gasteiger partial charge in [-0.05, 0) is 0 Å². The van der Waals surface area contributed by atoms with E-state index in [0.29, 0.717) is 0 Å². The minimum Gasteiger partial charge on any atom is -0.272 e. The molecule has 0 fully saturated rings. The molecule has 0 radical (unpaired) electrons. The Balaban J connectivity index is 2.77. The third-order valence-corrected chi connectivity index (χ3v) is 0.922. The number of nitrogens with two attached hydrogens (primary N) is 1. The molecular weight excluding hydrogens is 134 g/mol. The van der Waals surface area contributed by atoms with E-state index in [2.05, 4.69) is 10.2 Å². The number of amides is 1. The van der Waals surface area contributed by atoms with Gasteiger partial charge in [0.1, 0.15) is 0 Å². The fourth-order valence-corrected chi connectivity index (χ4v) is 0.446. The van der Waals surface area contributed by atoms with Crippen LogP contribution < -0.4 is 11.0 Å². The van der Waals surface area contributed by atoms with Gasteiger partial charge in [0.25, 0.3) is 5.91 Å². The predicted molar refractivity (Wildman–Crippen MR) is 33.1 cm³/mol. The lowest BCUT2D eigenvalue weighted by Gasteiger charge is -2.09. The molecule has 6 heteroatoms. The molecule has 0 saturated heterocycles. The third-order valence-electron chi connectivity index (χ3n) is 0.922. The van der Waals surface area contributed by atoms with E-state index in [-0.39, 0.29) is 5.91 Å². The highest BCUT2D eigenvalue weighted by atomic mass is 16.2. The summed E-state index contributed by atoms with van der Waals surface area (Å²) in [6.45, 7) is 1.32. The van der Waals surface area contributed by atoms with Crippen LogP contribution in [0.25, 0.3) is 0 Å². The Labute approximate surface area is 57.2 Å². The highest BCUT2D eigenvalue weighted by Crippen LogP contribution is 1.77. The van der Waals surface area contributed by atoms with E-state index in [9.17, 15) is 4.79 Å². The third kappa shape index (κ3) is 1.11. The molecule has 0 aliphatic heterocycles. The largest absolute Gasteiger partial charge is 0.272 e. The zero-order chi connectivity index (χ0) is 7.56. The van der Waals surface area contributed by atoms with Crippen LogP contribution in [0.5, 0.6) is 0 Å². The summed E-state index contributed by atoms with van der Waals surface area (Å²) in [4.78, 5) is 11.5. The van der Waals surface area contributed by atoms with Crippen LogP contribution in [0, 0.1) is 0 Å². The van der Waals surface area contributed by atoms with E-state index in [0.717, 1.165) is 10.0 Å². The molecule has 0 bridgehead atoms. The first kappa shape index (κ1) is 6.69. The Hall–Kier alpha value is -1.43. The normalized spacial score (nSPS) is 9.40. The van der Waals surface area contributed by atoms with Crippen LogP contribution in [0.4, 0.5) is 0 Å². The Morgan fingerprint density at radius 1 is 1.60 bits per heavy atom. The minimum atomic E-state index is -0.323. The lowest BCUT2D eigenvalue weighted by molar-refractivity contribution is -0.118. The van der Waals surface area contributed by atoms with Crippen LogP contribution >= 0.6 is 0 Å². The number of carbonyl (C=O) groups is 1. The molecule has 0 atom stereocenters. The van der Waals surface area contributed by atoms with Crippen molar-refractivity contribution in [2.45, 2.75) is 6.92 Å². The average Bonchev–Trinajstić information content (AvgIpc) is 2.36. The molecule has 1 aromatic rings. The summed E-state index contributed by atoms with van der Waals surface area (Å²) >= 11 is 0. The maximum atomic E-state index is 10.5. The first-order valence-corrected chi connectivity index (χ1v) is 2.64. The number of rotatable bonds is 1. The van der Waals surface area contributed by atoms with Crippen molar-refractivity contribution in [1.29, 1.82) is 0 Å². The van der Waals surface area contributed by atoms with E-state index >= 15 is 0 Å². The molecule has 1 heterocycles. The van der Waals surface area contributed by atoms with Gasteiger partial charge in [0, 0.05) is 6.92 Å². The lowest BCUT2D eigenvalue weighted by Crippen LogP contribution is -2.46. The van der Waals surface area contributed by atoms with Gasteiger partial charge in [0.2, 0.25) is 0 Å². The minimum absolute atomic E-state index is 0.323. The molecule has 1 amide bonds. The standard InChI is InChI=1S/C4H7N5O/c1-4(10)8(5)9-6-2-3-7-9/h2-3H,5H2,1H3. The van der Waals surface area contributed by atoms with Crippen molar-refractivity contribution in [2.24, 2.45) is 5.84 Å². The fourth-order valence-electron chi connectivity index (χ4n) is 0.446. The quantitative estimate of drug-likeness (QED) is 0.297. The van der Waals surface area contributed by atoms with E-state index in [1.807, 2.05) is 0 Å². The second kappa shape index (κ2) is 2.44. The van der Waals surface area contributed by atoms with Crippen molar-refractivity contribution in [3.8, 4) is 0 Å². The number of aromatic nitrogens is 3. The van der Waals surface area contributed by atoms with Gasteiger partial charge in [-0.25, -0.2) is 5.84 Å². The second-order valence-corrected chi connectivity index (χ2v) is 1.66. The van der Waals surface area contributed by atoms with Gasteiger partial charge in [0.15, 0.2) is 0 Å². The van der Waals surface area contributed by atoms with Crippen molar-refractivity contribution >= 4 is 5.91 Å². The summed E-state index contributed by atoms with van der Waals surface area (Å²) in [6, 6.07) is 0. The maximum absolute atomic E-state index is 10.5. The Bertz CT molecular complexity index is 218.